The van der Waals surface area contributed by atoms with Crippen molar-refractivity contribution in [3.8, 4) is 5.75 Å². The maximum absolute atomic E-state index is 12.2. The first-order valence-corrected chi connectivity index (χ1v) is 7.22. The molecule has 19 heavy (non-hydrogen) atoms. The van der Waals surface area contributed by atoms with E-state index in [1.54, 1.807) is 0 Å². The average Bonchev–Trinajstić information content (AvgIpc) is 2.25. The van der Waals surface area contributed by atoms with Crippen molar-refractivity contribution < 1.29 is 17.9 Å². The molecule has 1 atom stereocenters. The van der Waals surface area contributed by atoms with Gasteiger partial charge in [-0.25, -0.2) is 0 Å². The molecule has 0 spiro atoms. The molecule has 0 radical (unpaired) electrons. The van der Waals surface area contributed by atoms with Crippen molar-refractivity contribution in [3.63, 3.8) is 0 Å². The van der Waals surface area contributed by atoms with Gasteiger partial charge >= 0.3 is 6.36 Å². The van der Waals surface area contributed by atoms with E-state index in [1.165, 1.54) is 23.9 Å². The molecule has 0 saturated heterocycles. The van der Waals surface area contributed by atoms with Crippen LogP contribution in [0.3, 0.4) is 0 Å². The summed E-state index contributed by atoms with van der Waals surface area (Å²) in [6, 6.07) is 4.83. The minimum atomic E-state index is -4.65. The fourth-order valence-corrected chi connectivity index (χ4v) is 2.22. The highest BCUT2D eigenvalue weighted by atomic mass is 32.2. The Morgan fingerprint density at radius 3 is 2.53 bits per heavy atom. The Balaban J connectivity index is 2.77. The molecule has 1 aromatic carbocycles. The van der Waals surface area contributed by atoms with Gasteiger partial charge in [0.25, 0.3) is 0 Å². The SMILES string of the molecule is CSc1cc(CCCC(C)N)cc(OC(F)(F)F)c1. The van der Waals surface area contributed by atoms with E-state index < -0.39 is 6.36 Å². The Bertz CT molecular complexity index is 407. The molecule has 108 valence electrons. The highest BCUT2D eigenvalue weighted by Gasteiger charge is 2.31. The van der Waals surface area contributed by atoms with E-state index in [9.17, 15) is 13.2 Å². The van der Waals surface area contributed by atoms with E-state index in [0.29, 0.717) is 6.42 Å². The summed E-state index contributed by atoms with van der Waals surface area (Å²) in [5, 5.41) is 0. The number of alkyl halides is 3. The number of rotatable bonds is 6. The largest absolute Gasteiger partial charge is 0.573 e. The minimum absolute atomic E-state index is 0.106. The van der Waals surface area contributed by atoms with Gasteiger partial charge in [0.15, 0.2) is 0 Å². The van der Waals surface area contributed by atoms with Gasteiger partial charge in [0.05, 0.1) is 0 Å². The number of hydrogen-bond acceptors (Lipinski definition) is 3. The van der Waals surface area contributed by atoms with Gasteiger partial charge in [-0.1, -0.05) is 0 Å². The molecule has 6 heteroatoms. The van der Waals surface area contributed by atoms with Crippen LogP contribution in [0.2, 0.25) is 0 Å². The molecule has 1 rings (SSSR count). The van der Waals surface area contributed by atoms with E-state index in [4.69, 9.17) is 5.73 Å². The van der Waals surface area contributed by atoms with Gasteiger partial charge < -0.3 is 10.5 Å². The predicted molar refractivity (Wildman–Crippen MR) is 71.5 cm³/mol. The van der Waals surface area contributed by atoms with Gasteiger partial charge in [-0.3, -0.25) is 0 Å². The quantitative estimate of drug-likeness (QED) is 0.806. The molecule has 2 nitrogen and oxygen atoms in total. The second kappa shape index (κ2) is 7.05. The van der Waals surface area contributed by atoms with Crippen LogP contribution in [0.4, 0.5) is 13.2 Å². The zero-order valence-corrected chi connectivity index (χ0v) is 11.8. The van der Waals surface area contributed by atoms with Gasteiger partial charge in [0, 0.05) is 10.9 Å². The molecule has 0 amide bonds. The Labute approximate surface area is 115 Å². The van der Waals surface area contributed by atoms with Crippen LogP contribution in [0.15, 0.2) is 23.1 Å². The molecule has 0 heterocycles. The summed E-state index contributed by atoms with van der Waals surface area (Å²) in [7, 11) is 0. The lowest BCUT2D eigenvalue weighted by atomic mass is 10.1. The van der Waals surface area contributed by atoms with Crippen molar-refractivity contribution in [1.82, 2.24) is 0 Å². The molecule has 0 bridgehead atoms. The van der Waals surface area contributed by atoms with Crippen LogP contribution in [0.25, 0.3) is 0 Å². The standard InChI is InChI=1S/C13H18F3NOS/c1-9(17)4-3-5-10-6-11(18-13(14,15)16)8-12(7-10)19-2/h6-9H,3-5,17H2,1-2H3. The van der Waals surface area contributed by atoms with Gasteiger partial charge in [-0.05, 0) is 56.2 Å². The molecular formula is C13H18F3NOS. The van der Waals surface area contributed by atoms with Gasteiger partial charge in [0.2, 0.25) is 0 Å². The zero-order chi connectivity index (χ0) is 14.5. The Kier molecular flexibility index (Phi) is 6.00. The second-order valence-electron chi connectivity index (χ2n) is 4.43. The first-order chi connectivity index (χ1) is 8.80. The third kappa shape index (κ3) is 6.73. The third-order valence-electron chi connectivity index (χ3n) is 2.53. The maximum atomic E-state index is 12.2. The number of hydrogen-bond donors (Lipinski definition) is 1. The lowest BCUT2D eigenvalue weighted by molar-refractivity contribution is -0.274. The van der Waals surface area contributed by atoms with Gasteiger partial charge in [-0.15, -0.1) is 24.9 Å². The normalized spacial score (nSPS) is 13.4. The number of thioether (sulfide) groups is 1. The van der Waals surface area contributed by atoms with Gasteiger partial charge in [-0.2, -0.15) is 0 Å². The fourth-order valence-electron chi connectivity index (χ4n) is 1.71. The smallest absolute Gasteiger partial charge is 0.406 e. The molecule has 0 aliphatic carbocycles. The maximum Gasteiger partial charge on any atom is 0.573 e. The second-order valence-corrected chi connectivity index (χ2v) is 5.31. The predicted octanol–water partition coefficient (Wildman–Crippen LogP) is 3.98. The summed E-state index contributed by atoms with van der Waals surface area (Å²) in [5.41, 5.74) is 6.49. The zero-order valence-electron chi connectivity index (χ0n) is 11.0. The molecule has 0 aliphatic rings. The molecule has 0 saturated carbocycles. The van der Waals surface area contributed by atoms with Crippen molar-refractivity contribution in [3.05, 3.63) is 23.8 Å². The average molecular weight is 293 g/mol. The van der Waals surface area contributed by atoms with Crippen LogP contribution in [0, 0.1) is 0 Å². The number of ether oxygens (including phenoxy) is 1. The van der Waals surface area contributed by atoms with Crippen LogP contribution in [0.1, 0.15) is 25.3 Å². The van der Waals surface area contributed by atoms with E-state index in [1.807, 2.05) is 19.2 Å². The van der Waals surface area contributed by atoms with Crippen molar-refractivity contribution >= 4 is 11.8 Å². The van der Waals surface area contributed by atoms with Crippen molar-refractivity contribution in [2.45, 2.75) is 43.5 Å². The number of halogens is 3. The van der Waals surface area contributed by atoms with Crippen LogP contribution in [-0.4, -0.2) is 18.7 Å². The van der Waals surface area contributed by atoms with E-state index in [2.05, 4.69) is 4.74 Å². The summed E-state index contributed by atoms with van der Waals surface area (Å²) in [6.45, 7) is 1.91. The summed E-state index contributed by atoms with van der Waals surface area (Å²) in [5.74, 6) is -0.157. The molecule has 1 aromatic rings. The number of benzene rings is 1. The first-order valence-electron chi connectivity index (χ1n) is 5.99. The van der Waals surface area contributed by atoms with Crippen LogP contribution in [0.5, 0.6) is 5.75 Å². The molecule has 1 unspecified atom stereocenters. The number of aryl methyl sites for hydroxylation is 1. The summed E-state index contributed by atoms with van der Waals surface area (Å²) in [4.78, 5) is 0.762. The first kappa shape index (κ1) is 16.2. The molecular weight excluding hydrogens is 275 g/mol. The lowest BCUT2D eigenvalue weighted by Crippen LogP contribution is -2.17. The summed E-state index contributed by atoms with van der Waals surface area (Å²) >= 11 is 1.39. The lowest BCUT2D eigenvalue weighted by Gasteiger charge is -2.12. The van der Waals surface area contributed by atoms with Gasteiger partial charge in [0.1, 0.15) is 5.75 Å². The Morgan fingerprint density at radius 2 is 2.00 bits per heavy atom. The van der Waals surface area contributed by atoms with E-state index in [0.717, 1.165) is 23.3 Å². The molecule has 2 N–H and O–H groups in total. The summed E-state index contributed by atoms with van der Waals surface area (Å²) in [6.07, 6.45) is -0.442. The number of nitrogens with two attached hydrogens (primary N) is 1. The topological polar surface area (TPSA) is 35.2 Å². The molecule has 0 fully saturated rings. The Hall–Kier alpha value is -0.880. The van der Waals surface area contributed by atoms with Crippen LogP contribution < -0.4 is 10.5 Å². The van der Waals surface area contributed by atoms with Crippen molar-refractivity contribution in [2.75, 3.05) is 6.26 Å². The minimum Gasteiger partial charge on any atom is -0.406 e. The van der Waals surface area contributed by atoms with Crippen LogP contribution >= 0.6 is 11.8 Å². The monoisotopic (exact) mass is 293 g/mol. The van der Waals surface area contributed by atoms with E-state index >= 15 is 0 Å². The Morgan fingerprint density at radius 1 is 1.32 bits per heavy atom. The molecule has 0 aromatic heterocycles. The fraction of sp³-hybridized carbons (Fsp3) is 0.538. The highest BCUT2D eigenvalue weighted by Crippen LogP contribution is 2.29. The summed E-state index contributed by atoms with van der Waals surface area (Å²) < 4.78 is 40.6. The molecule has 0 aliphatic heterocycles. The van der Waals surface area contributed by atoms with Crippen LogP contribution in [-0.2, 0) is 6.42 Å². The van der Waals surface area contributed by atoms with Crippen molar-refractivity contribution in [2.24, 2.45) is 5.73 Å². The highest BCUT2D eigenvalue weighted by molar-refractivity contribution is 7.98. The third-order valence-corrected chi connectivity index (χ3v) is 3.24. The van der Waals surface area contributed by atoms with E-state index in [-0.39, 0.29) is 11.8 Å². The van der Waals surface area contributed by atoms with Crippen molar-refractivity contribution in [1.29, 1.82) is 0 Å².